The van der Waals surface area contributed by atoms with E-state index in [4.69, 9.17) is 9.47 Å². The van der Waals surface area contributed by atoms with Gasteiger partial charge in [0.15, 0.2) is 0 Å². The second kappa shape index (κ2) is 16.0. The molecule has 3 amide bonds. The van der Waals surface area contributed by atoms with Gasteiger partial charge in [-0.3, -0.25) is 19.2 Å². The van der Waals surface area contributed by atoms with Crippen molar-refractivity contribution in [3.8, 4) is 0 Å². The summed E-state index contributed by atoms with van der Waals surface area (Å²) in [7, 11) is 0. The van der Waals surface area contributed by atoms with Crippen LogP contribution in [0.4, 0.5) is 0 Å². The number of allylic oxidation sites excluding steroid dienone is 1. The fourth-order valence-corrected chi connectivity index (χ4v) is 7.92. The van der Waals surface area contributed by atoms with E-state index in [0.29, 0.717) is 44.0 Å². The molecule has 51 heavy (non-hydrogen) atoms. The molecule has 0 radical (unpaired) electrons. The highest BCUT2D eigenvalue weighted by Gasteiger charge is 2.74. The summed E-state index contributed by atoms with van der Waals surface area (Å²) in [5, 5.41) is 21.0. The minimum atomic E-state index is -1.21. The van der Waals surface area contributed by atoms with E-state index in [2.05, 4.69) is 28.8 Å². The van der Waals surface area contributed by atoms with Crippen molar-refractivity contribution in [2.24, 2.45) is 11.8 Å². The number of aliphatic hydroxyl groups excluding tert-OH is 1. The van der Waals surface area contributed by atoms with E-state index in [1.54, 1.807) is 26.6 Å². The highest BCUT2D eigenvalue weighted by Crippen LogP contribution is 2.58. The molecule has 3 saturated heterocycles. The number of fused-ring (bicyclic) bond motifs is 2. The van der Waals surface area contributed by atoms with Crippen molar-refractivity contribution < 1.29 is 33.8 Å². The maximum absolute atomic E-state index is 14.8. The van der Waals surface area contributed by atoms with Gasteiger partial charge < -0.3 is 29.7 Å². The molecular weight excluding hydrogens is 652 g/mol. The molecule has 1 aromatic heterocycles. The second-order valence-corrected chi connectivity index (χ2v) is 13.4. The van der Waals surface area contributed by atoms with Gasteiger partial charge in [0, 0.05) is 26.1 Å². The largest absolute Gasteiger partial charge is 0.463 e. The van der Waals surface area contributed by atoms with E-state index in [1.165, 1.54) is 0 Å². The first-order valence-electron chi connectivity index (χ1n) is 17.7. The fourth-order valence-electron chi connectivity index (χ4n) is 7.92. The molecule has 2 bridgehead atoms. The average Bonchev–Trinajstić information content (AvgIpc) is 3.90. The second-order valence-electron chi connectivity index (χ2n) is 13.4. The zero-order chi connectivity index (χ0) is 36.0. The van der Waals surface area contributed by atoms with Crippen LogP contribution in [0.25, 0.3) is 11.0 Å². The van der Waals surface area contributed by atoms with Crippen molar-refractivity contribution in [1.82, 2.24) is 30.1 Å². The van der Waals surface area contributed by atoms with Gasteiger partial charge in [0.05, 0.1) is 29.5 Å². The third-order valence-electron chi connectivity index (χ3n) is 10.3. The Balaban J connectivity index is 1.28. The number of hydrogen-bond donors (Lipinski definition) is 2. The summed E-state index contributed by atoms with van der Waals surface area (Å²) >= 11 is 0. The molecule has 3 aliphatic heterocycles. The molecule has 0 unspecified atom stereocenters. The van der Waals surface area contributed by atoms with Crippen LogP contribution in [0.15, 0.2) is 79.9 Å². The van der Waals surface area contributed by atoms with Crippen molar-refractivity contribution >= 4 is 34.7 Å². The maximum atomic E-state index is 14.8. The summed E-state index contributed by atoms with van der Waals surface area (Å²) in [4.78, 5) is 59.2. The number of carbonyl (C=O) groups is 4. The molecule has 270 valence electrons. The van der Waals surface area contributed by atoms with Crippen LogP contribution >= 0.6 is 0 Å². The zero-order valence-electron chi connectivity index (χ0n) is 28.8. The first-order chi connectivity index (χ1) is 24.8. The predicted octanol–water partition coefficient (Wildman–Crippen LogP) is 3.31. The van der Waals surface area contributed by atoms with Crippen LogP contribution in [0.5, 0.6) is 0 Å². The number of rotatable bonds is 18. The molecule has 13 heteroatoms. The minimum absolute atomic E-state index is 0.0288. The van der Waals surface area contributed by atoms with Gasteiger partial charge in [-0.1, -0.05) is 59.8 Å². The molecule has 3 aromatic rings. The number of benzene rings is 2. The lowest BCUT2D eigenvalue weighted by Crippen LogP contribution is -2.56. The first kappa shape index (κ1) is 35.9. The summed E-state index contributed by atoms with van der Waals surface area (Å²) in [5.41, 5.74) is 0.989. The Hall–Kier alpha value is -4.88. The van der Waals surface area contributed by atoms with Gasteiger partial charge in [-0.15, -0.1) is 18.3 Å². The molecule has 4 heterocycles. The molecule has 0 saturated carbocycles. The van der Waals surface area contributed by atoms with Crippen LogP contribution in [-0.2, 0) is 35.3 Å². The number of aromatic nitrogens is 3. The average molecular weight is 699 g/mol. The Morgan fingerprint density at radius 1 is 1.10 bits per heavy atom. The number of likely N-dealkylation sites (tertiary alicyclic amines) is 1. The van der Waals surface area contributed by atoms with Crippen molar-refractivity contribution in [3.05, 3.63) is 85.5 Å². The number of aliphatic hydroxyl groups is 1. The summed E-state index contributed by atoms with van der Waals surface area (Å²) in [6.07, 6.45) is 6.11. The van der Waals surface area contributed by atoms with E-state index < -0.39 is 41.6 Å². The number of nitrogens with one attached hydrogen (secondary N) is 1. The number of ether oxygens (including phenoxy) is 2. The molecule has 6 rings (SSSR count). The topological polar surface area (TPSA) is 156 Å². The monoisotopic (exact) mass is 698 g/mol. The molecule has 2 N–H and O–H groups in total. The lowest BCUT2D eigenvalue weighted by molar-refractivity contribution is -0.149. The van der Waals surface area contributed by atoms with Crippen LogP contribution in [-0.4, -0.2) is 97.6 Å². The van der Waals surface area contributed by atoms with Crippen LogP contribution in [0, 0.1) is 11.8 Å². The van der Waals surface area contributed by atoms with Gasteiger partial charge >= 0.3 is 5.97 Å². The van der Waals surface area contributed by atoms with Crippen LogP contribution in [0.3, 0.4) is 0 Å². The number of esters is 1. The number of amides is 3. The molecule has 6 atom stereocenters. The molecular formula is C38H46N6O7. The summed E-state index contributed by atoms with van der Waals surface area (Å²) in [6.45, 7) is 8.02. The smallest absolute Gasteiger partial charge is 0.306 e. The molecule has 3 aliphatic rings. The Morgan fingerprint density at radius 3 is 2.65 bits per heavy atom. The van der Waals surface area contributed by atoms with E-state index in [-0.39, 0.29) is 57.1 Å². The Labute approximate surface area is 297 Å². The summed E-state index contributed by atoms with van der Waals surface area (Å²) in [6, 6.07) is 15.1. The summed E-state index contributed by atoms with van der Waals surface area (Å²) < 4.78 is 13.9. The Bertz CT molecular complexity index is 1750. The quantitative estimate of drug-likeness (QED) is 0.116. The number of unbranched alkanes of at least 4 members (excludes halogenated alkanes) is 2. The zero-order valence-corrected chi connectivity index (χ0v) is 28.8. The Kier molecular flexibility index (Phi) is 11.3. The van der Waals surface area contributed by atoms with Gasteiger partial charge in [-0.2, -0.15) is 0 Å². The highest BCUT2D eigenvalue weighted by molar-refractivity contribution is 5.99. The first-order valence-corrected chi connectivity index (χ1v) is 17.7. The predicted molar refractivity (Wildman–Crippen MR) is 187 cm³/mol. The van der Waals surface area contributed by atoms with Crippen molar-refractivity contribution in [1.29, 1.82) is 0 Å². The van der Waals surface area contributed by atoms with Gasteiger partial charge in [0.1, 0.15) is 30.4 Å². The van der Waals surface area contributed by atoms with E-state index in [9.17, 15) is 24.3 Å². The Morgan fingerprint density at radius 2 is 1.88 bits per heavy atom. The maximum Gasteiger partial charge on any atom is 0.306 e. The van der Waals surface area contributed by atoms with Gasteiger partial charge in [0.25, 0.3) is 0 Å². The van der Waals surface area contributed by atoms with Crippen molar-refractivity contribution in [2.75, 3.05) is 26.3 Å². The van der Waals surface area contributed by atoms with Gasteiger partial charge in [-0.25, -0.2) is 4.68 Å². The van der Waals surface area contributed by atoms with Crippen molar-refractivity contribution in [3.63, 3.8) is 0 Å². The normalized spacial score (nSPS) is 23.9. The number of nitrogens with zero attached hydrogens (tertiary/aromatic N) is 5. The van der Waals surface area contributed by atoms with E-state index in [1.807, 2.05) is 54.6 Å². The lowest BCUT2D eigenvalue weighted by atomic mass is 9.70. The van der Waals surface area contributed by atoms with Gasteiger partial charge in [-0.05, 0) is 56.2 Å². The molecule has 1 spiro atoms. The lowest BCUT2D eigenvalue weighted by Gasteiger charge is -2.36. The van der Waals surface area contributed by atoms with Crippen LogP contribution < -0.4 is 5.32 Å². The number of carbonyl (C=O) groups excluding carboxylic acids is 4. The summed E-state index contributed by atoms with van der Waals surface area (Å²) in [5.74, 6) is -3.13. The SMILES string of the molecule is C=CCCC(=O)OC[C@H](NC(=O)[C@@H]1[C@H]2C(=O)N(CCCCCO)[C@H](C(=O)N(CC=C)Cn3nnc4ccccc43)[C@]23CC[C@H]1O3)c1ccccc1. The van der Waals surface area contributed by atoms with E-state index >= 15 is 0 Å². The standard InChI is InChI=1S/C38H46N6O7/c1-3-5-18-31(46)50-24-28(26-14-8-6-9-15-26)39-35(47)32-30-19-20-38(51-30)33(32)36(48)43(22-12-7-13-23-45)34(38)37(49)42(21-4-2)25-44-29-17-11-10-16-27(29)40-41-44/h3-4,6,8-11,14-17,28,30,32-34,45H,1-2,5,7,12-13,18-25H2,(H,39,47)/t28-,30+,32-,33-,34+,38-/m0/s1. The third kappa shape index (κ3) is 7.18. The minimum Gasteiger partial charge on any atom is -0.463 e. The fraction of sp³-hybridized carbons (Fsp3) is 0.474. The van der Waals surface area contributed by atoms with Crippen molar-refractivity contribution in [2.45, 2.75) is 75.4 Å². The molecule has 0 aliphatic carbocycles. The molecule has 13 nitrogen and oxygen atoms in total. The van der Waals surface area contributed by atoms with Crippen LogP contribution in [0.1, 0.15) is 56.6 Å². The van der Waals surface area contributed by atoms with Crippen LogP contribution in [0.2, 0.25) is 0 Å². The number of para-hydroxylation sites is 1. The molecule has 3 fully saturated rings. The highest BCUT2D eigenvalue weighted by atomic mass is 16.5. The van der Waals surface area contributed by atoms with E-state index in [0.717, 1.165) is 11.1 Å². The number of hydrogen-bond acceptors (Lipinski definition) is 9. The molecule has 2 aromatic carbocycles. The van der Waals surface area contributed by atoms with Gasteiger partial charge in [0.2, 0.25) is 17.7 Å². The third-order valence-corrected chi connectivity index (χ3v) is 10.3.